The average Bonchev–Trinajstić information content (AvgIpc) is 2.30. The van der Waals surface area contributed by atoms with E-state index in [4.69, 9.17) is 10.5 Å². The van der Waals surface area contributed by atoms with E-state index in [0.717, 1.165) is 0 Å². The van der Waals surface area contributed by atoms with E-state index in [-0.39, 0.29) is 5.82 Å². The molecule has 2 aromatic rings. The minimum absolute atomic E-state index is 0.325. The summed E-state index contributed by atoms with van der Waals surface area (Å²) in [5, 5.41) is 0. The first kappa shape index (κ1) is 12.8. The predicted molar refractivity (Wildman–Crippen MR) is 70.1 cm³/mol. The van der Waals surface area contributed by atoms with Crippen molar-refractivity contribution in [1.82, 2.24) is 9.97 Å². The molecule has 18 heavy (non-hydrogen) atoms. The summed E-state index contributed by atoms with van der Waals surface area (Å²) in [6.45, 7) is 3.46. The fourth-order valence-corrected chi connectivity index (χ4v) is 1.71. The molecule has 2 rings (SSSR count). The lowest BCUT2D eigenvalue weighted by Gasteiger charge is -2.11. The number of halogens is 2. The quantitative estimate of drug-likeness (QED) is 0.923. The molecule has 0 aliphatic carbocycles. The molecular formula is C12H11BrFN3O. The molecule has 0 fully saturated rings. The van der Waals surface area contributed by atoms with Crippen LogP contribution in [-0.4, -0.2) is 9.97 Å². The molecule has 1 aromatic heterocycles. The molecule has 0 amide bonds. The third kappa shape index (κ3) is 2.59. The molecule has 4 nitrogen and oxygen atoms in total. The van der Waals surface area contributed by atoms with E-state index in [1.165, 1.54) is 12.1 Å². The number of nitrogens with two attached hydrogens (primary N) is 1. The molecule has 0 atom stereocenters. The molecule has 1 heterocycles. The van der Waals surface area contributed by atoms with Gasteiger partial charge in [0.1, 0.15) is 23.2 Å². The zero-order chi connectivity index (χ0) is 13.3. The van der Waals surface area contributed by atoms with Crippen LogP contribution in [0.25, 0.3) is 0 Å². The van der Waals surface area contributed by atoms with E-state index in [9.17, 15) is 4.39 Å². The highest BCUT2D eigenvalue weighted by molar-refractivity contribution is 9.10. The van der Waals surface area contributed by atoms with E-state index < -0.39 is 0 Å². The van der Waals surface area contributed by atoms with Crippen LogP contribution >= 0.6 is 15.9 Å². The fourth-order valence-electron chi connectivity index (χ4n) is 1.38. The third-order valence-corrected chi connectivity index (χ3v) is 3.01. The van der Waals surface area contributed by atoms with Gasteiger partial charge in [-0.25, -0.2) is 9.37 Å². The Morgan fingerprint density at radius 1 is 1.28 bits per heavy atom. The first-order chi connectivity index (χ1) is 8.47. The summed E-state index contributed by atoms with van der Waals surface area (Å²) in [7, 11) is 0. The topological polar surface area (TPSA) is 61.0 Å². The van der Waals surface area contributed by atoms with Crippen LogP contribution in [0.4, 0.5) is 10.2 Å². The Labute approximate surface area is 112 Å². The Morgan fingerprint density at radius 3 is 2.72 bits per heavy atom. The maximum Gasteiger partial charge on any atom is 0.227 e. The van der Waals surface area contributed by atoms with Crippen LogP contribution < -0.4 is 10.5 Å². The molecular weight excluding hydrogens is 301 g/mol. The molecule has 0 saturated carbocycles. The first-order valence-corrected chi connectivity index (χ1v) is 6.00. The van der Waals surface area contributed by atoms with Gasteiger partial charge >= 0.3 is 0 Å². The maximum atomic E-state index is 13.2. The summed E-state index contributed by atoms with van der Waals surface area (Å²) in [6.07, 6.45) is 0. The molecule has 0 unspecified atom stereocenters. The zero-order valence-electron chi connectivity index (χ0n) is 9.87. The van der Waals surface area contributed by atoms with Crippen molar-refractivity contribution < 1.29 is 9.13 Å². The summed E-state index contributed by atoms with van der Waals surface area (Å²) >= 11 is 3.28. The van der Waals surface area contributed by atoms with Crippen LogP contribution in [0.15, 0.2) is 22.7 Å². The Hall–Kier alpha value is -1.69. The van der Waals surface area contributed by atoms with Gasteiger partial charge in [0, 0.05) is 6.07 Å². The molecule has 1 aromatic carbocycles. The summed E-state index contributed by atoms with van der Waals surface area (Å²) in [5.41, 5.74) is 6.35. The number of hydrogen-bond donors (Lipinski definition) is 1. The summed E-state index contributed by atoms with van der Waals surface area (Å²) in [6, 6.07) is 4.18. The van der Waals surface area contributed by atoms with E-state index in [2.05, 4.69) is 25.9 Å². The van der Waals surface area contributed by atoms with Crippen molar-refractivity contribution in [3.8, 4) is 11.6 Å². The minimum atomic E-state index is -0.385. The lowest BCUT2D eigenvalue weighted by Crippen LogP contribution is -2.02. The summed E-state index contributed by atoms with van der Waals surface area (Å²) < 4.78 is 19.4. The van der Waals surface area contributed by atoms with Gasteiger partial charge in [0.05, 0.1) is 10.0 Å². The van der Waals surface area contributed by atoms with E-state index in [1.807, 2.05) is 0 Å². The highest BCUT2D eigenvalue weighted by Gasteiger charge is 2.11. The van der Waals surface area contributed by atoms with Crippen LogP contribution in [0, 0.1) is 19.7 Å². The van der Waals surface area contributed by atoms with Crippen molar-refractivity contribution in [3.63, 3.8) is 0 Å². The minimum Gasteiger partial charge on any atom is -0.437 e. The smallest absolute Gasteiger partial charge is 0.227 e. The molecule has 0 bridgehead atoms. The molecule has 0 radical (unpaired) electrons. The van der Waals surface area contributed by atoms with E-state index in [1.54, 1.807) is 19.9 Å². The van der Waals surface area contributed by atoms with Crippen LogP contribution in [0.5, 0.6) is 11.6 Å². The van der Waals surface area contributed by atoms with Crippen LogP contribution in [0.3, 0.4) is 0 Å². The van der Waals surface area contributed by atoms with Gasteiger partial charge in [0.15, 0.2) is 0 Å². The van der Waals surface area contributed by atoms with Crippen molar-refractivity contribution in [2.75, 3.05) is 5.73 Å². The number of nitrogens with zero attached hydrogens (tertiary/aromatic N) is 2. The molecule has 0 aliphatic heterocycles. The second kappa shape index (κ2) is 4.89. The number of aromatic nitrogens is 2. The SMILES string of the molecule is Cc1nc(N)c(C)c(Oc2cc(F)ccc2Br)n1. The second-order valence-electron chi connectivity index (χ2n) is 3.76. The second-order valence-corrected chi connectivity index (χ2v) is 4.62. The fraction of sp³-hybridized carbons (Fsp3) is 0.167. The van der Waals surface area contributed by atoms with Gasteiger partial charge in [-0.1, -0.05) is 0 Å². The number of hydrogen-bond acceptors (Lipinski definition) is 4. The van der Waals surface area contributed by atoms with Gasteiger partial charge in [0.2, 0.25) is 5.88 Å². The normalized spacial score (nSPS) is 10.4. The monoisotopic (exact) mass is 311 g/mol. The average molecular weight is 312 g/mol. The van der Waals surface area contributed by atoms with Crippen molar-refractivity contribution in [2.24, 2.45) is 0 Å². The largest absolute Gasteiger partial charge is 0.437 e. The molecule has 0 spiro atoms. The van der Waals surface area contributed by atoms with Gasteiger partial charge < -0.3 is 10.5 Å². The Morgan fingerprint density at radius 2 is 2.00 bits per heavy atom. The molecule has 0 saturated heterocycles. The number of anilines is 1. The van der Waals surface area contributed by atoms with Gasteiger partial charge in [-0.3, -0.25) is 0 Å². The van der Waals surface area contributed by atoms with Crippen LogP contribution in [0.1, 0.15) is 11.4 Å². The van der Waals surface area contributed by atoms with E-state index >= 15 is 0 Å². The number of nitrogen functional groups attached to an aromatic ring is 1. The molecule has 0 aliphatic rings. The lowest BCUT2D eigenvalue weighted by atomic mass is 10.3. The van der Waals surface area contributed by atoms with Crippen LogP contribution in [0.2, 0.25) is 0 Å². The first-order valence-electron chi connectivity index (χ1n) is 5.21. The van der Waals surface area contributed by atoms with Gasteiger partial charge in [-0.05, 0) is 41.9 Å². The number of ether oxygens (including phenoxy) is 1. The lowest BCUT2D eigenvalue weighted by molar-refractivity contribution is 0.449. The number of rotatable bonds is 2. The molecule has 2 N–H and O–H groups in total. The van der Waals surface area contributed by atoms with Crippen molar-refractivity contribution >= 4 is 21.7 Å². The molecule has 94 valence electrons. The highest BCUT2D eigenvalue weighted by Crippen LogP contribution is 2.31. The van der Waals surface area contributed by atoms with E-state index in [0.29, 0.717) is 33.3 Å². The van der Waals surface area contributed by atoms with Crippen molar-refractivity contribution in [3.05, 3.63) is 39.9 Å². The number of benzene rings is 1. The van der Waals surface area contributed by atoms with Crippen molar-refractivity contribution in [1.29, 1.82) is 0 Å². The number of aryl methyl sites for hydroxylation is 1. The van der Waals surface area contributed by atoms with Gasteiger partial charge in [-0.15, -0.1) is 0 Å². The summed E-state index contributed by atoms with van der Waals surface area (Å²) in [5.74, 6) is 1.14. The standard InChI is InChI=1S/C12H11BrFN3O/c1-6-11(15)16-7(2)17-12(6)18-10-5-8(14)3-4-9(10)13/h3-5H,1-2H3,(H2,15,16,17). The zero-order valence-corrected chi connectivity index (χ0v) is 11.5. The molecule has 6 heteroatoms. The Bertz CT molecular complexity index is 604. The third-order valence-electron chi connectivity index (χ3n) is 2.35. The van der Waals surface area contributed by atoms with Crippen LogP contribution in [-0.2, 0) is 0 Å². The summed E-state index contributed by atoms with van der Waals surface area (Å²) in [4.78, 5) is 8.16. The maximum absolute atomic E-state index is 13.2. The predicted octanol–water partition coefficient (Wildman–Crippen LogP) is 3.37. The van der Waals surface area contributed by atoms with Crippen molar-refractivity contribution in [2.45, 2.75) is 13.8 Å². The Balaban J connectivity index is 2.43. The van der Waals surface area contributed by atoms with Gasteiger partial charge in [0.25, 0.3) is 0 Å². The van der Waals surface area contributed by atoms with Gasteiger partial charge in [-0.2, -0.15) is 4.98 Å². The Kier molecular flexibility index (Phi) is 3.47. The highest BCUT2D eigenvalue weighted by atomic mass is 79.9.